The Morgan fingerprint density at radius 3 is 2.71 bits per heavy atom. The Balaban J connectivity index is 1.89. The number of benzene rings is 1. The molecule has 31 heavy (non-hydrogen) atoms. The highest BCUT2D eigenvalue weighted by Gasteiger charge is 2.36. The fourth-order valence-corrected chi connectivity index (χ4v) is 4.24. The standard InChI is InChI=1S/C22H22ClF2N5O/c1-11(12-2-3-12)29-22(31)16-8-28-19(7-26)20(13-4-14(23)6-15(24)5-13)21(16)30-9-17(25)18(27)10-30/h4-6,8,11-12,17-18H,2-3,9-10,27H2,1H3,(H,29,31)/t11-,17-,18-/m0/s1. The first-order valence-corrected chi connectivity index (χ1v) is 10.5. The molecule has 6 nitrogen and oxygen atoms in total. The molecule has 0 spiro atoms. The zero-order chi connectivity index (χ0) is 22.3. The Hall–Kier alpha value is -2.76. The van der Waals surface area contributed by atoms with Crippen LogP contribution in [0.2, 0.25) is 5.02 Å². The Morgan fingerprint density at radius 1 is 1.39 bits per heavy atom. The van der Waals surface area contributed by atoms with Gasteiger partial charge in [0, 0.05) is 29.4 Å². The van der Waals surface area contributed by atoms with Gasteiger partial charge in [-0.1, -0.05) is 11.6 Å². The molecule has 1 aromatic carbocycles. The van der Waals surface area contributed by atoms with Crippen molar-refractivity contribution in [1.82, 2.24) is 10.3 Å². The van der Waals surface area contributed by atoms with Gasteiger partial charge < -0.3 is 16.0 Å². The Bertz CT molecular complexity index is 1040. The van der Waals surface area contributed by atoms with Crippen LogP contribution in [0, 0.1) is 23.1 Å². The van der Waals surface area contributed by atoms with Gasteiger partial charge in [-0.25, -0.2) is 13.8 Å². The third-order valence-electron chi connectivity index (χ3n) is 5.85. The van der Waals surface area contributed by atoms with Crippen LogP contribution in [0.3, 0.4) is 0 Å². The topological polar surface area (TPSA) is 95.0 Å². The SMILES string of the molecule is C[C@H](NC(=O)c1cnc(C#N)c(-c2cc(F)cc(Cl)c2)c1N1C[C@H](N)[C@@H](F)C1)C1CC1. The van der Waals surface area contributed by atoms with Crippen molar-refractivity contribution in [2.24, 2.45) is 11.7 Å². The van der Waals surface area contributed by atoms with E-state index in [1.54, 1.807) is 4.90 Å². The molecule has 162 valence electrons. The molecule has 3 atom stereocenters. The summed E-state index contributed by atoms with van der Waals surface area (Å²) in [5.41, 5.74) is 6.88. The van der Waals surface area contributed by atoms with Crippen molar-refractivity contribution in [3.63, 3.8) is 0 Å². The van der Waals surface area contributed by atoms with E-state index in [0.29, 0.717) is 11.6 Å². The van der Waals surface area contributed by atoms with Crippen molar-refractivity contribution in [2.45, 2.75) is 38.0 Å². The zero-order valence-corrected chi connectivity index (χ0v) is 17.7. The van der Waals surface area contributed by atoms with Crippen LogP contribution in [-0.2, 0) is 0 Å². The molecule has 1 saturated heterocycles. The van der Waals surface area contributed by atoms with Gasteiger partial charge in [-0.3, -0.25) is 4.79 Å². The highest BCUT2D eigenvalue weighted by atomic mass is 35.5. The van der Waals surface area contributed by atoms with Crippen LogP contribution in [0.1, 0.15) is 35.8 Å². The molecule has 4 rings (SSSR count). The molecular formula is C22H22ClF2N5O. The molecule has 1 aliphatic heterocycles. The summed E-state index contributed by atoms with van der Waals surface area (Å²) in [4.78, 5) is 18.9. The number of alkyl halides is 1. The molecule has 1 aromatic heterocycles. The summed E-state index contributed by atoms with van der Waals surface area (Å²) >= 11 is 6.05. The quantitative estimate of drug-likeness (QED) is 0.735. The number of amides is 1. The molecule has 9 heteroatoms. The Kier molecular flexibility index (Phi) is 5.82. The number of pyridine rings is 1. The Labute approximate surface area is 184 Å². The maximum atomic E-state index is 14.3. The number of anilines is 1. The highest BCUT2D eigenvalue weighted by Crippen LogP contribution is 2.39. The average Bonchev–Trinajstić information content (AvgIpc) is 3.51. The molecule has 0 unspecified atom stereocenters. The number of carbonyl (C=O) groups is 1. The normalized spacial score (nSPS) is 21.6. The van der Waals surface area contributed by atoms with Crippen molar-refractivity contribution in [3.05, 3.63) is 46.5 Å². The first-order valence-electron chi connectivity index (χ1n) is 10.1. The van der Waals surface area contributed by atoms with Crippen LogP contribution in [0.25, 0.3) is 11.1 Å². The lowest BCUT2D eigenvalue weighted by Crippen LogP contribution is -2.36. The maximum Gasteiger partial charge on any atom is 0.255 e. The van der Waals surface area contributed by atoms with Crippen LogP contribution in [0.5, 0.6) is 0 Å². The second kappa shape index (κ2) is 8.40. The van der Waals surface area contributed by atoms with Crippen molar-refractivity contribution in [3.8, 4) is 17.2 Å². The van der Waals surface area contributed by atoms with E-state index < -0.39 is 18.0 Å². The summed E-state index contributed by atoms with van der Waals surface area (Å²) in [7, 11) is 0. The van der Waals surface area contributed by atoms with Crippen molar-refractivity contribution < 1.29 is 13.6 Å². The van der Waals surface area contributed by atoms with Crippen molar-refractivity contribution in [1.29, 1.82) is 5.26 Å². The number of rotatable bonds is 5. The largest absolute Gasteiger partial charge is 0.366 e. The summed E-state index contributed by atoms with van der Waals surface area (Å²) in [6.07, 6.45) is 2.11. The molecule has 2 heterocycles. The van der Waals surface area contributed by atoms with E-state index in [2.05, 4.69) is 10.3 Å². The fraction of sp³-hybridized carbons (Fsp3) is 0.409. The van der Waals surface area contributed by atoms with Gasteiger partial charge in [-0.05, 0) is 49.4 Å². The predicted octanol–water partition coefficient (Wildman–Crippen LogP) is 3.43. The van der Waals surface area contributed by atoms with E-state index in [1.165, 1.54) is 18.3 Å². The van der Waals surface area contributed by atoms with E-state index >= 15 is 0 Å². The molecule has 0 radical (unpaired) electrons. The van der Waals surface area contributed by atoms with Gasteiger partial charge in [0.1, 0.15) is 23.8 Å². The van der Waals surface area contributed by atoms with Crippen molar-refractivity contribution >= 4 is 23.2 Å². The Morgan fingerprint density at radius 2 is 2.13 bits per heavy atom. The lowest BCUT2D eigenvalue weighted by atomic mass is 9.97. The summed E-state index contributed by atoms with van der Waals surface area (Å²) in [6, 6.07) is 5.06. The number of nitriles is 1. The number of nitrogens with zero attached hydrogens (tertiary/aromatic N) is 3. The summed E-state index contributed by atoms with van der Waals surface area (Å²) in [5, 5.41) is 12.8. The van der Waals surface area contributed by atoms with E-state index in [4.69, 9.17) is 17.3 Å². The molecule has 2 aliphatic rings. The fourth-order valence-electron chi connectivity index (χ4n) is 4.02. The average molecular weight is 446 g/mol. The summed E-state index contributed by atoms with van der Waals surface area (Å²) in [6.45, 7) is 2.03. The van der Waals surface area contributed by atoms with Gasteiger partial charge >= 0.3 is 0 Å². The van der Waals surface area contributed by atoms with Crippen LogP contribution in [-0.4, -0.2) is 42.2 Å². The van der Waals surface area contributed by atoms with Gasteiger partial charge in [0.05, 0.1) is 23.8 Å². The van der Waals surface area contributed by atoms with Gasteiger partial charge in [-0.2, -0.15) is 5.26 Å². The maximum absolute atomic E-state index is 14.3. The number of halogens is 3. The first kappa shape index (κ1) is 21.5. The third-order valence-corrected chi connectivity index (χ3v) is 6.07. The summed E-state index contributed by atoms with van der Waals surface area (Å²) < 4.78 is 28.5. The number of hydrogen-bond donors (Lipinski definition) is 2. The molecule has 1 aliphatic carbocycles. The minimum Gasteiger partial charge on any atom is -0.366 e. The van der Waals surface area contributed by atoms with E-state index in [0.717, 1.165) is 18.9 Å². The molecule has 1 saturated carbocycles. The van der Waals surface area contributed by atoms with Gasteiger partial charge in [0.15, 0.2) is 0 Å². The minimum absolute atomic E-state index is 0.0145. The van der Waals surface area contributed by atoms with Crippen LogP contribution >= 0.6 is 11.6 Å². The van der Waals surface area contributed by atoms with E-state index in [9.17, 15) is 18.8 Å². The van der Waals surface area contributed by atoms with Gasteiger partial charge in [-0.15, -0.1) is 0 Å². The van der Waals surface area contributed by atoms with Gasteiger partial charge in [0.25, 0.3) is 5.91 Å². The van der Waals surface area contributed by atoms with Crippen LogP contribution in [0.4, 0.5) is 14.5 Å². The number of hydrogen-bond acceptors (Lipinski definition) is 5. The second-order valence-corrected chi connectivity index (χ2v) is 8.63. The molecule has 2 aromatic rings. The van der Waals surface area contributed by atoms with Crippen LogP contribution in [0.15, 0.2) is 24.4 Å². The molecular weight excluding hydrogens is 424 g/mol. The molecule has 1 amide bonds. The number of aromatic nitrogens is 1. The predicted molar refractivity (Wildman–Crippen MR) is 114 cm³/mol. The van der Waals surface area contributed by atoms with E-state index in [-0.39, 0.29) is 52.4 Å². The zero-order valence-electron chi connectivity index (χ0n) is 16.9. The second-order valence-electron chi connectivity index (χ2n) is 8.20. The lowest BCUT2D eigenvalue weighted by Gasteiger charge is -2.26. The minimum atomic E-state index is -1.30. The van der Waals surface area contributed by atoms with Gasteiger partial charge in [0.2, 0.25) is 0 Å². The summed E-state index contributed by atoms with van der Waals surface area (Å²) in [5.74, 6) is -0.558. The van der Waals surface area contributed by atoms with Crippen molar-refractivity contribution in [2.75, 3.05) is 18.0 Å². The van der Waals surface area contributed by atoms with E-state index in [1.807, 2.05) is 13.0 Å². The third kappa shape index (κ3) is 4.34. The first-order chi connectivity index (χ1) is 14.8. The smallest absolute Gasteiger partial charge is 0.255 e. The lowest BCUT2D eigenvalue weighted by molar-refractivity contribution is 0.0936. The number of nitrogens with two attached hydrogens (primary N) is 1. The van der Waals surface area contributed by atoms with Crippen LogP contribution < -0.4 is 16.0 Å². The monoisotopic (exact) mass is 445 g/mol. The number of carbonyl (C=O) groups excluding carboxylic acids is 1. The number of nitrogens with one attached hydrogen (secondary N) is 1. The molecule has 2 fully saturated rings. The molecule has 0 bridgehead atoms. The highest BCUT2D eigenvalue weighted by molar-refractivity contribution is 6.31. The molecule has 3 N–H and O–H groups in total.